The van der Waals surface area contributed by atoms with Crippen molar-refractivity contribution in [2.75, 3.05) is 13.6 Å². The van der Waals surface area contributed by atoms with Crippen LogP contribution in [0.15, 0.2) is 24.3 Å². The van der Waals surface area contributed by atoms with Crippen LogP contribution in [0.2, 0.25) is 0 Å². The number of carbonyl (C=O) groups excluding carboxylic acids is 1. The van der Waals surface area contributed by atoms with E-state index in [2.05, 4.69) is 28.8 Å². The van der Waals surface area contributed by atoms with E-state index in [4.69, 9.17) is 0 Å². The Hall–Kier alpha value is -1.79. The number of fused-ring (bicyclic) bond motifs is 1. The number of piperidine rings is 1. The summed E-state index contributed by atoms with van der Waals surface area (Å²) in [5, 5.41) is 0.589. The topological polar surface area (TPSA) is 36.4 Å². The van der Waals surface area contributed by atoms with E-state index in [1.807, 2.05) is 6.92 Å². The lowest BCUT2D eigenvalue weighted by atomic mass is 9.71. The highest BCUT2D eigenvalue weighted by atomic mass is 32.1. The first-order valence-corrected chi connectivity index (χ1v) is 11.5. The molecule has 2 aliphatic heterocycles. The van der Waals surface area contributed by atoms with E-state index in [-0.39, 0.29) is 23.2 Å². The Morgan fingerprint density at radius 3 is 2.72 bits per heavy atom. The molecule has 4 atom stereocenters. The van der Waals surface area contributed by atoms with E-state index in [1.165, 1.54) is 43.1 Å². The Morgan fingerprint density at radius 2 is 1.97 bits per heavy atom. The van der Waals surface area contributed by atoms with Gasteiger partial charge in [-0.25, -0.2) is 9.37 Å². The third kappa shape index (κ3) is 2.87. The summed E-state index contributed by atoms with van der Waals surface area (Å²) in [6.07, 6.45) is 5.93. The van der Waals surface area contributed by atoms with Crippen molar-refractivity contribution in [2.45, 2.75) is 64.1 Å². The summed E-state index contributed by atoms with van der Waals surface area (Å²) in [5.41, 5.74) is 1.34. The molecule has 1 aliphatic carbocycles. The number of rotatable bonds is 2. The third-order valence-corrected chi connectivity index (χ3v) is 8.79. The molecule has 2 bridgehead atoms. The molecular formula is C23H28FN3OS. The average molecular weight is 414 g/mol. The van der Waals surface area contributed by atoms with E-state index >= 15 is 0 Å². The van der Waals surface area contributed by atoms with Crippen molar-refractivity contribution in [3.8, 4) is 10.6 Å². The normalized spacial score (nSPS) is 31.7. The summed E-state index contributed by atoms with van der Waals surface area (Å²) in [4.78, 5) is 23.6. The number of aromatic nitrogens is 1. The third-order valence-electron chi connectivity index (χ3n) is 7.61. The molecule has 6 heteroatoms. The summed E-state index contributed by atoms with van der Waals surface area (Å²) in [6.45, 7) is 5.06. The van der Waals surface area contributed by atoms with Crippen LogP contribution >= 0.6 is 11.3 Å². The second kappa shape index (κ2) is 6.88. The summed E-state index contributed by atoms with van der Waals surface area (Å²) in [6, 6.07) is 7.93. The van der Waals surface area contributed by atoms with Crippen molar-refractivity contribution in [1.82, 2.24) is 14.8 Å². The number of benzene rings is 1. The summed E-state index contributed by atoms with van der Waals surface area (Å²) < 4.78 is 14.3. The smallest absolute Gasteiger partial charge is 0.266 e. The van der Waals surface area contributed by atoms with Crippen molar-refractivity contribution < 1.29 is 9.18 Å². The molecule has 0 N–H and O–H groups in total. The SMILES string of the molecule is Cc1nc(-c2ccccc2F)sc1C(=O)N1C[C@@H]2C[C@@]3(C)[C@H](CCCC[C@@H]13)N2C. The molecule has 2 saturated heterocycles. The fourth-order valence-electron chi connectivity index (χ4n) is 6.16. The van der Waals surface area contributed by atoms with E-state index in [0.717, 1.165) is 13.0 Å². The Labute approximate surface area is 175 Å². The Morgan fingerprint density at radius 1 is 1.24 bits per heavy atom. The van der Waals surface area contributed by atoms with E-state index in [1.54, 1.807) is 18.2 Å². The summed E-state index contributed by atoms with van der Waals surface area (Å²) in [7, 11) is 2.24. The zero-order chi connectivity index (χ0) is 20.3. The lowest BCUT2D eigenvalue weighted by Gasteiger charge is -2.46. The zero-order valence-corrected chi connectivity index (χ0v) is 18.1. The average Bonchev–Trinajstić information content (AvgIpc) is 3.09. The fraction of sp³-hybridized carbons (Fsp3) is 0.565. The number of aryl methyl sites for hydroxylation is 1. The van der Waals surface area contributed by atoms with Gasteiger partial charge in [0.15, 0.2) is 0 Å². The minimum atomic E-state index is -0.294. The Balaban J connectivity index is 1.51. The second-order valence-corrected chi connectivity index (χ2v) is 10.2. The van der Waals surface area contributed by atoms with E-state index < -0.39 is 0 Å². The van der Waals surface area contributed by atoms with Gasteiger partial charge < -0.3 is 4.90 Å². The molecule has 2 aromatic rings. The second-order valence-electron chi connectivity index (χ2n) is 9.22. The number of halogens is 1. The van der Waals surface area contributed by atoms with Crippen molar-refractivity contribution in [1.29, 1.82) is 0 Å². The van der Waals surface area contributed by atoms with Crippen LogP contribution < -0.4 is 0 Å². The number of likely N-dealkylation sites (N-methyl/N-ethyl adjacent to an activating group) is 1. The van der Waals surface area contributed by atoms with Gasteiger partial charge in [-0.15, -0.1) is 11.3 Å². The highest BCUT2D eigenvalue weighted by molar-refractivity contribution is 7.17. The Kier molecular flexibility index (Phi) is 4.55. The highest BCUT2D eigenvalue weighted by Crippen LogP contribution is 2.53. The van der Waals surface area contributed by atoms with Gasteiger partial charge in [0.1, 0.15) is 15.7 Å². The quantitative estimate of drug-likeness (QED) is 0.714. The van der Waals surface area contributed by atoms with Gasteiger partial charge in [0.05, 0.1) is 5.69 Å². The summed E-state index contributed by atoms with van der Waals surface area (Å²) in [5.74, 6) is -0.212. The van der Waals surface area contributed by atoms with Crippen LogP contribution in [0, 0.1) is 18.2 Å². The zero-order valence-electron chi connectivity index (χ0n) is 17.3. The number of hydrogen-bond acceptors (Lipinski definition) is 4. The maximum absolute atomic E-state index is 14.3. The molecule has 1 saturated carbocycles. The number of carbonyl (C=O) groups is 1. The number of hydrogen-bond donors (Lipinski definition) is 0. The molecule has 0 unspecified atom stereocenters. The largest absolute Gasteiger partial charge is 0.333 e. The van der Waals surface area contributed by atoms with Gasteiger partial charge in [-0.2, -0.15) is 0 Å². The first-order chi connectivity index (χ1) is 13.9. The molecule has 1 aromatic heterocycles. The lowest BCUT2D eigenvalue weighted by molar-refractivity contribution is 0.0287. The Bertz CT molecular complexity index is 959. The molecule has 29 heavy (non-hydrogen) atoms. The van der Waals surface area contributed by atoms with Gasteiger partial charge in [-0.3, -0.25) is 9.69 Å². The first kappa shape index (κ1) is 19.2. The molecule has 1 aromatic carbocycles. The molecule has 3 fully saturated rings. The van der Waals surface area contributed by atoms with Gasteiger partial charge in [-0.05, 0) is 45.4 Å². The van der Waals surface area contributed by atoms with E-state index in [9.17, 15) is 9.18 Å². The van der Waals surface area contributed by atoms with Crippen LogP contribution in [0.1, 0.15) is 54.4 Å². The highest BCUT2D eigenvalue weighted by Gasteiger charge is 2.58. The first-order valence-electron chi connectivity index (χ1n) is 10.7. The van der Waals surface area contributed by atoms with Gasteiger partial charge in [0.25, 0.3) is 5.91 Å². The molecule has 3 heterocycles. The predicted molar refractivity (Wildman–Crippen MR) is 114 cm³/mol. The van der Waals surface area contributed by atoms with Crippen LogP contribution in [0.4, 0.5) is 4.39 Å². The number of amides is 1. The maximum Gasteiger partial charge on any atom is 0.266 e. The predicted octanol–water partition coefficient (Wildman–Crippen LogP) is 4.74. The van der Waals surface area contributed by atoms with Crippen molar-refractivity contribution in [3.05, 3.63) is 40.7 Å². The van der Waals surface area contributed by atoms with Gasteiger partial charge >= 0.3 is 0 Å². The van der Waals surface area contributed by atoms with Gasteiger partial charge in [0.2, 0.25) is 0 Å². The monoisotopic (exact) mass is 413 g/mol. The molecule has 5 rings (SSSR count). The van der Waals surface area contributed by atoms with Gasteiger partial charge in [-0.1, -0.05) is 31.9 Å². The molecule has 1 amide bonds. The standard InChI is InChI=1S/C23H28FN3OS/c1-14-20(29-21(25-14)16-8-4-5-9-17(16)24)22(28)27-13-15-12-23(2)18(26(15)3)10-6-7-11-19(23)27/h4-5,8-9,15,18-19H,6-7,10-13H2,1-3H3/t15-,18-,19+,23-/m0/s1. The molecule has 3 aliphatic rings. The molecule has 0 radical (unpaired) electrons. The van der Waals surface area contributed by atoms with Crippen LogP contribution in [0.5, 0.6) is 0 Å². The maximum atomic E-state index is 14.3. The molecule has 154 valence electrons. The molecule has 4 nitrogen and oxygen atoms in total. The fourth-order valence-corrected chi connectivity index (χ4v) is 7.21. The van der Waals surface area contributed by atoms with Crippen LogP contribution in [-0.2, 0) is 0 Å². The van der Waals surface area contributed by atoms with Crippen molar-refractivity contribution >= 4 is 17.2 Å². The number of thiazole rings is 1. The lowest BCUT2D eigenvalue weighted by Crippen LogP contribution is -2.55. The van der Waals surface area contributed by atoms with Gasteiger partial charge in [0, 0.05) is 35.6 Å². The minimum Gasteiger partial charge on any atom is -0.333 e. The molecular weight excluding hydrogens is 385 g/mol. The van der Waals surface area contributed by atoms with Crippen molar-refractivity contribution in [3.63, 3.8) is 0 Å². The van der Waals surface area contributed by atoms with E-state index in [0.29, 0.717) is 33.2 Å². The number of likely N-dealkylation sites (tertiary alicyclic amines) is 2. The molecule has 0 spiro atoms. The minimum absolute atomic E-state index is 0.0828. The van der Waals surface area contributed by atoms with Crippen molar-refractivity contribution in [2.24, 2.45) is 5.41 Å². The van der Waals surface area contributed by atoms with Crippen LogP contribution in [0.25, 0.3) is 10.6 Å². The number of nitrogens with zero attached hydrogens (tertiary/aromatic N) is 3. The summed E-state index contributed by atoms with van der Waals surface area (Å²) >= 11 is 1.33. The van der Waals surface area contributed by atoms with Crippen LogP contribution in [-0.4, -0.2) is 52.4 Å². The van der Waals surface area contributed by atoms with Crippen LogP contribution in [0.3, 0.4) is 0 Å².